The van der Waals surface area contributed by atoms with E-state index in [2.05, 4.69) is 54.6 Å². The van der Waals surface area contributed by atoms with Crippen LogP contribution >= 0.6 is 0 Å². The van der Waals surface area contributed by atoms with E-state index in [-0.39, 0.29) is 5.41 Å². The van der Waals surface area contributed by atoms with Crippen molar-refractivity contribution in [1.29, 1.82) is 0 Å². The molecule has 2 aromatic rings. The Hall–Kier alpha value is -1.57. The van der Waals surface area contributed by atoms with Crippen LogP contribution < -0.4 is 0 Å². The van der Waals surface area contributed by atoms with Crippen molar-refractivity contribution in [3.8, 4) is 11.3 Å². The van der Waals surface area contributed by atoms with Crippen LogP contribution in [0.2, 0.25) is 0 Å². The zero-order valence-electron chi connectivity index (χ0n) is 11.4. The Labute approximate surface area is 109 Å². The highest BCUT2D eigenvalue weighted by Gasteiger charge is 2.18. The number of aromatic nitrogens is 2. The molecule has 1 aromatic carbocycles. The molecular formula is C16H20N2. The van der Waals surface area contributed by atoms with Gasteiger partial charge in [0.2, 0.25) is 0 Å². The highest BCUT2D eigenvalue weighted by molar-refractivity contribution is 5.61. The molecule has 94 valence electrons. The summed E-state index contributed by atoms with van der Waals surface area (Å²) in [5.41, 5.74) is 4.15. The first kappa shape index (κ1) is 11.5. The van der Waals surface area contributed by atoms with Crippen LogP contribution in [0.4, 0.5) is 0 Å². The second kappa shape index (κ2) is 3.98. The van der Waals surface area contributed by atoms with Crippen molar-refractivity contribution in [2.45, 2.75) is 45.6 Å². The van der Waals surface area contributed by atoms with Crippen LogP contribution in [0.3, 0.4) is 0 Å². The van der Waals surface area contributed by atoms with Crippen molar-refractivity contribution < 1.29 is 0 Å². The van der Waals surface area contributed by atoms with Crippen molar-refractivity contribution in [2.75, 3.05) is 0 Å². The Morgan fingerprint density at radius 1 is 1.22 bits per heavy atom. The summed E-state index contributed by atoms with van der Waals surface area (Å²) in [5, 5.41) is 0. The Morgan fingerprint density at radius 2 is 2.06 bits per heavy atom. The van der Waals surface area contributed by atoms with Gasteiger partial charge >= 0.3 is 0 Å². The van der Waals surface area contributed by atoms with Crippen LogP contribution in [0, 0.1) is 0 Å². The third-order valence-corrected chi connectivity index (χ3v) is 3.74. The molecule has 0 amide bonds. The van der Waals surface area contributed by atoms with Gasteiger partial charge in [0.1, 0.15) is 5.82 Å². The number of nitrogens with zero attached hydrogens (tertiary/aromatic N) is 2. The molecule has 1 aliphatic heterocycles. The summed E-state index contributed by atoms with van der Waals surface area (Å²) in [6, 6.07) is 8.87. The Kier molecular flexibility index (Phi) is 2.54. The lowest BCUT2D eigenvalue weighted by molar-refractivity contribution is 0.590. The molecule has 0 radical (unpaired) electrons. The Bertz CT molecular complexity index is 573. The lowest BCUT2D eigenvalue weighted by atomic mass is 9.86. The second-order valence-corrected chi connectivity index (χ2v) is 6.15. The fourth-order valence-corrected chi connectivity index (χ4v) is 2.63. The number of fused-ring (bicyclic) bond motifs is 1. The van der Waals surface area contributed by atoms with E-state index in [4.69, 9.17) is 0 Å². The summed E-state index contributed by atoms with van der Waals surface area (Å²) in [7, 11) is 0. The quantitative estimate of drug-likeness (QED) is 0.741. The fourth-order valence-electron chi connectivity index (χ4n) is 2.63. The molecule has 2 nitrogen and oxygen atoms in total. The Morgan fingerprint density at radius 3 is 2.83 bits per heavy atom. The molecule has 0 saturated heterocycles. The maximum atomic E-state index is 4.53. The second-order valence-electron chi connectivity index (χ2n) is 6.15. The molecular weight excluding hydrogens is 220 g/mol. The van der Waals surface area contributed by atoms with Crippen molar-refractivity contribution >= 4 is 0 Å². The normalized spacial score (nSPS) is 14.8. The third-order valence-electron chi connectivity index (χ3n) is 3.74. The summed E-state index contributed by atoms with van der Waals surface area (Å²) < 4.78 is 2.36. The van der Waals surface area contributed by atoms with E-state index >= 15 is 0 Å². The molecule has 1 aromatic heterocycles. The smallest absolute Gasteiger partial charge is 0.109 e. The average Bonchev–Trinajstić information content (AvgIpc) is 2.89. The van der Waals surface area contributed by atoms with Crippen LogP contribution in [0.25, 0.3) is 11.3 Å². The topological polar surface area (TPSA) is 17.8 Å². The maximum Gasteiger partial charge on any atom is 0.109 e. The SMILES string of the molecule is CC(C)(C)c1cccc(-c2cnc3n2CCC3)c1. The molecule has 1 aliphatic rings. The molecule has 0 saturated carbocycles. The molecule has 0 bridgehead atoms. The lowest BCUT2D eigenvalue weighted by Gasteiger charge is -2.20. The van der Waals surface area contributed by atoms with Crippen molar-refractivity contribution in [3.05, 3.63) is 41.9 Å². The zero-order chi connectivity index (χ0) is 12.8. The molecule has 0 N–H and O–H groups in total. The van der Waals surface area contributed by atoms with Gasteiger partial charge < -0.3 is 4.57 Å². The van der Waals surface area contributed by atoms with Gasteiger partial charge in [0.15, 0.2) is 0 Å². The van der Waals surface area contributed by atoms with E-state index in [0.717, 1.165) is 13.0 Å². The summed E-state index contributed by atoms with van der Waals surface area (Å²) in [4.78, 5) is 4.53. The van der Waals surface area contributed by atoms with Crippen molar-refractivity contribution in [2.24, 2.45) is 0 Å². The van der Waals surface area contributed by atoms with Gasteiger partial charge in [0.05, 0.1) is 11.9 Å². The van der Waals surface area contributed by atoms with E-state index in [0.29, 0.717) is 0 Å². The summed E-state index contributed by atoms with van der Waals surface area (Å²) >= 11 is 0. The van der Waals surface area contributed by atoms with Crippen LogP contribution in [-0.2, 0) is 18.4 Å². The third kappa shape index (κ3) is 1.86. The van der Waals surface area contributed by atoms with Gasteiger partial charge in [-0.15, -0.1) is 0 Å². The Balaban J connectivity index is 2.07. The van der Waals surface area contributed by atoms with Gasteiger partial charge in [-0.3, -0.25) is 0 Å². The fraction of sp³-hybridized carbons (Fsp3) is 0.438. The van der Waals surface area contributed by atoms with Gasteiger partial charge in [-0.25, -0.2) is 4.98 Å². The summed E-state index contributed by atoms with van der Waals surface area (Å²) in [6.07, 6.45) is 4.38. The van der Waals surface area contributed by atoms with Crippen molar-refractivity contribution in [1.82, 2.24) is 9.55 Å². The monoisotopic (exact) mass is 240 g/mol. The first-order chi connectivity index (χ1) is 8.55. The first-order valence-corrected chi connectivity index (χ1v) is 6.71. The van der Waals surface area contributed by atoms with E-state index in [1.165, 1.54) is 29.1 Å². The lowest BCUT2D eigenvalue weighted by Crippen LogP contribution is -2.10. The number of hydrogen-bond acceptors (Lipinski definition) is 1. The zero-order valence-corrected chi connectivity index (χ0v) is 11.4. The van der Waals surface area contributed by atoms with Gasteiger partial charge in [-0.2, -0.15) is 0 Å². The number of rotatable bonds is 1. The molecule has 2 heteroatoms. The molecule has 18 heavy (non-hydrogen) atoms. The minimum absolute atomic E-state index is 0.198. The standard InChI is InChI=1S/C16H20N2/c1-16(2,3)13-7-4-6-12(10-13)14-11-17-15-8-5-9-18(14)15/h4,6-7,10-11H,5,8-9H2,1-3H3. The molecule has 0 spiro atoms. The van der Waals surface area contributed by atoms with Crippen molar-refractivity contribution in [3.63, 3.8) is 0 Å². The summed E-state index contributed by atoms with van der Waals surface area (Å²) in [6.45, 7) is 7.89. The summed E-state index contributed by atoms with van der Waals surface area (Å²) in [5.74, 6) is 1.24. The molecule has 3 rings (SSSR count). The van der Waals surface area contributed by atoms with Gasteiger partial charge in [0.25, 0.3) is 0 Å². The number of imidazole rings is 1. The number of benzene rings is 1. The van der Waals surface area contributed by atoms with E-state index < -0.39 is 0 Å². The van der Waals surface area contributed by atoms with Crippen LogP contribution in [0.15, 0.2) is 30.5 Å². The molecule has 2 heterocycles. The van der Waals surface area contributed by atoms with E-state index in [1.807, 2.05) is 6.20 Å². The molecule has 0 unspecified atom stereocenters. The van der Waals surface area contributed by atoms with Gasteiger partial charge in [-0.05, 0) is 23.5 Å². The minimum Gasteiger partial charge on any atom is -0.328 e. The first-order valence-electron chi connectivity index (χ1n) is 6.71. The molecule has 0 fully saturated rings. The highest BCUT2D eigenvalue weighted by Crippen LogP contribution is 2.29. The van der Waals surface area contributed by atoms with Crippen LogP contribution in [0.5, 0.6) is 0 Å². The maximum absolute atomic E-state index is 4.53. The predicted octanol–water partition coefficient (Wildman–Crippen LogP) is 3.79. The number of aryl methyl sites for hydroxylation is 1. The number of hydrogen-bond donors (Lipinski definition) is 0. The predicted molar refractivity (Wildman–Crippen MR) is 74.7 cm³/mol. The highest BCUT2D eigenvalue weighted by atomic mass is 15.1. The van der Waals surface area contributed by atoms with Gasteiger partial charge in [-0.1, -0.05) is 39.0 Å². The van der Waals surface area contributed by atoms with Crippen LogP contribution in [0.1, 0.15) is 38.6 Å². The van der Waals surface area contributed by atoms with Crippen LogP contribution in [-0.4, -0.2) is 9.55 Å². The van der Waals surface area contributed by atoms with E-state index in [9.17, 15) is 0 Å². The molecule has 0 atom stereocenters. The van der Waals surface area contributed by atoms with E-state index in [1.54, 1.807) is 0 Å². The minimum atomic E-state index is 0.198. The molecule has 0 aliphatic carbocycles. The largest absolute Gasteiger partial charge is 0.328 e. The average molecular weight is 240 g/mol. The van der Waals surface area contributed by atoms with Gasteiger partial charge in [0, 0.05) is 18.5 Å².